The Bertz CT molecular complexity index is 700. The summed E-state index contributed by atoms with van der Waals surface area (Å²) in [6, 6.07) is 5.04. The first-order chi connectivity index (χ1) is 12.8. The van der Waals surface area contributed by atoms with Crippen LogP contribution in [0, 0.1) is 0 Å². The predicted octanol–water partition coefficient (Wildman–Crippen LogP) is 0.972. The van der Waals surface area contributed by atoms with Gasteiger partial charge in [0.15, 0.2) is 0 Å². The first kappa shape index (κ1) is 20.8. The van der Waals surface area contributed by atoms with E-state index in [1.807, 2.05) is 0 Å². The summed E-state index contributed by atoms with van der Waals surface area (Å²) in [6.45, 7) is 5.74. The zero-order valence-corrected chi connectivity index (χ0v) is 17.7. The van der Waals surface area contributed by atoms with Crippen LogP contribution < -0.4 is 0 Å². The molecule has 8 heteroatoms. The van der Waals surface area contributed by atoms with Crippen LogP contribution in [0.4, 0.5) is 0 Å². The van der Waals surface area contributed by atoms with Crippen molar-refractivity contribution in [2.45, 2.75) is 37.9 Å². The topological polar surface area (TPSA) is 58.0 Å². The molecule has 2 aliphatic heterocycles. The molecule has 1 unspecified atom stereocenters. The van der Waals surface area contributed by atoms with Crippen molar-refractivity contribution in [3.05, 3.63) is 24.0 Å². The zero-order valence-electron chi connectivity index (χ0n) is 16.9. The van der Waals surface area contributed by atoms with Crippen molar-refractivity contribution in [2.75, 3.05) is 52.7 Å². The molecular weight excluding hydrogens is 364 g/mol. The number of ether oxygens (including phenoxy) is 1. The molecule has 1 aromatic rings. The van der Waals surface area contributed by atoms with Gasteiger partial charge in [0.2, 0.25) is 10.0 Å². The number of hydrogen-bond donors (Lipinski definition) is 0. The van der Waals surface area contributed by atoms with E-state index in [0.717, 1.165) is 52.1 Å². The van der Waals surface area contributed by atoms with Gasteiger partial charge in [-0.25, -0.2) is 12.7 Å². The summed E-state index contributed by atoms with van der Waals surface area (Å²) >= 11 is 0. The smallest absolute Gasteiger partial charge is 0.211 e. The highest BCUT2D eigenvalue weighted by molar-refractivity contribution is 7.88. The monoisotopic (exact) mass is 398 g/mol. The van der Waals surface area contributed by atoms with Gasteiger partial charge >= 0.3 is 0 Å². The van der Waals surface area contributed by atoms with Crippen LogP contribution in [-0.2, 0) is 28.4 Å². The van der Waals surface area contributed by atoms with Crippen molar-refractivity contribution >= 4 is 10.0 Å². The predicted molar refractivity (Wildman–Crippen MR) is 107 cm³/mol. The van der Waals surface area contributed by atoms with Crippen LogP contribution >= 0.6 is 0 Å². The van der Waals surface area contributed by atoms with Gasteiger partial charge < -0.3 is 9.30 Å². The summed E-state index contributed by atoms with van der Waals surface area (Å²) in [5.74, 6) is 0. The molecular formula is C19H34N4O3S. The lowest BCUT2D eigenvalue weighted by atomic mass is 10.0. The Morgan fingerprint density at radius 3 is 2.52 bits per heavy atom. The number of nitrogens with zero attached hydrogens (tertiary/aromatic N) is 4. The molecule has 0 aromatic carbocycles. The zero-order chi connectivity index (χ0) is 19.4. The maximum absolute atomic E-state index is 11.9. The number of hydrogen-bond acceptors (Lipinski definition) is 5. The molecule has 154 valence electrons. The molecule has 0 amide bonds. The minimum absolute atomic E-state index is 0.311. The second-order valence-electron chi connectivity index (χ2n) is 7.99. The van der Waals surface area contributed by atoms with Gasteiger partial charge in [-0.2, -0.15) is 0 Å². The van der Waals surface area contributed by atoms with Gasteiger partial charge in [0.05, 0.1) is 6.26 Å². The van der Waals surface area contributed by atoms with Gasteiger partial charge in [-0.15, -0.1) is 0 Å². The van der Waals surface area contributed by atoms with Gasteiger partial charge in [0, 0.05) is 77.0 Å². The fraction of sp³-hybridized carbons (Fsp3) is 0.789. The van der Waals surface area contributed by atoms with Crippen LogP contribution in [0.2, 0.25) is 0 Å². The Kier molecular flexibility index (Phi) is 6.97. The lowest BCUT2D eigenvalue weighted by molar-refractivity contribution is 0.0156. The number of aromatic nitrogens is 1. The molecule has 2 fully saturated rings. The number of aryl methyl sites for hydroxylation is 1. The quantitative estimate of drug-likeness (QED) is 0.653. The number of likely N-dealkylation sites (N-methyl/N-ethyl adjacent to an activating group) is 1. The Morgan fingerprint density at radius 1 is 1.19 bits per heavy atom. The SMILES string of the molecule is CN(CCN(C1CCOCC1)C1CCN(S(C)(=O)=O)C1)Cc1cccn1C. The first-order valence-corrected chi connectivity index (χ1v) is 11.8. The van der Waals surface area contributed by atoms with E-state index in [-0.39, 0.29) is 0 Å². The average Bonchev–Trinajstić information content (AvgIpc) is 3.26. The largest absolute Gasteiger partial charge is 0.381 e. The van der Waals surface area contributed by atoms with E-state index in [4.69, 9.17) is 4.74 Å². The Labute approximate surface area is 163 Å². The van der Waals surface area contributed by atoms with E-state index in [1.165, 1.54) is 11.9 Å². The van der Waals surface area contributed by atoms with Gasteiger partial charge in [-0.3, -0.25) is 9.80 Å². The fourth-order valence-electron chi connectivity index (χ4n) is 4.27. The molecule has 7 nitrogen and oxygen atoms in total. The first-order valence-electron chi connectivity index (χ1n) is 9.92. The van der Waals surface area contributed by atoms with Crippen LogP contribution in [0.5, 0.6) is 0 Å². The number of sulfonamides is 1. The molecule has 0 spiro atoms. The Morgan fingerprint density at radius 2 is 1.93 bits per heavy atom. The van der Waals surface area contributed by atoms with E-state index in [2.05, 4.69) is 46.8 Å². The minimum Gasteiger partial charge on any atom is -0.381 e. The van der Waals surface area contributed by atoms with Crippen LogP contribution in [0.15, 0.2) is 18.3 Å². The molecule has 1 aromatic heterocycles. The molecule has 27 heavy (non-hydrogen) atoms. The molecule has 0 bridgehead atoms. The summed E-state index contributed by atoms with van der Waals surface area (Å²) in [5.41, 5.74) is 1.30. The maximum atomic E-state index is 11.9. The van der Waals surface area contributed by atoms with E-state index in [1.54, 1.807) is 4.31 Å². The minimum atomic E-state index is -3.10. The molecule has 0 saturated carbocycles. The summed E-state index contributed by atoms with van der Waals surface area (Å²) in [5, 5.41) is 0. The molecule has 2 saturated heterocycles. The van der Waals surface area contributed by atoms with Crippen molar-refractivity contribution in [3.8, 4) is 0 Å². The highest BCUT2D eigenvalue weighted by Gasteiger charge is 2.35. The molecule has 1 atom stereocenters. The van der Waals surface area contributed by atoms with Crippen molar-refractivity contribution in [3.63, 3.8) is 0 Å². The maximum Gasteiger partial charge on any atom is 0.211 e. The molecule has 0 radical (unpaired) electrons. The van der Waals surface area contributed by atoms with Gasteiger partial charge in [0.25, 0.3) is 0 Å². The third kappa shape index (κ3) is 5.54. The summed E-state index contributed by atoms with van der Waals surface area (Å²) in [6.07, 6.45) is 6.40. The van der Waals surface area contributed by atoms with E-state index < -0.39 is 10.0 Å². The third-order valence-corrected chi connectivity index (χ3v) is 7.22. The summed E-state index contributed by atoms with van der Waals surface area (Å²) in [4.78, 5) is 4.92. The Balaban J connectivity index is 1.61. The van der Waals surface area contributed by atoms with Crippen LogP contribution in [0.1, 0.15) is 25.0 Å². The van der Waals surface area contributed by atoms with Crippen molar-refractivity contribution in [1.82, 2.24) is 18.7 Å². The van der Waals surface area contributed by atoms with E-state index in [9.17, 15) is 8.42 Å². The highest BCUT2D eigenvalue weighted by Crippen LogP contribution is 2.24. The lowest BCUT2D eigenvalue weighted by Crippen LogP contribution is -2.49. The van der Waals surface area contributed by atoms with Crippen molar-refractivity contribution in [2.24, 2.45) is 7.05 Å². The van der Waals surface area contributed by atoms with Gasteiger partial charge in [-0.1, -0.05) is 0 Å². The molecule has 0 aliphatic carbocycles. The standard InChI is InChI=1S/C19H34N4O3S/c1-20(15-18-5-4-9-21(18)2)11-12-23(17-7-13-26-14-8-17)19-6-10-22(16-19)27(3,24)25/h4-5,9,17,19H,6-8,10-16H2,1-3H3. The Hall–Kier alpha value is -0.930. The molecule has 3 rings (SSSR count). The lowest BCUT2D eigenvalue weighted by Gasteiger charge is -2.39. The van der Waals surface area contributed by atoms with E-state index in [0.29, 0.717) is 25.2 Å². The second kappa shape index (κ2) is 9.05. The molecule has 2 aliphatic rings. The van der Waals surface area contributed by atoms with Gasteiger partial charge in [0.1, 0.15) is 0 Å². The molecule has 3 heterocycles. The fourth-order valence-corrected chi connectivity index (χ4v) is 5.15. The van der Waals surface area contributed by atoms with Crippen molar-refractivity contribution < 1.29 is 13.2 Å². The molecule has 0 N–H and O–H groups in total. The van der Waals surface area contributed by atoms with E-state index >= 15 is 0 Å². The second-order valence-corrected chi connectivity index (χ2v) is 9.98. The highest BCUT2D eigenvalue weighted by atomic mass is 32.2. The normalized spacial score (nSPS) is 22.9. The summed E-state index contributed by atoms with van der Waals surface area (Å²) < 4.78 is 33.2. The summed E-state index contributed by atoms with van der Waals surface area (Å²) in [7, 11) is 1.14. The van der Waals surface area contributed by atoms with Crippen LogP contribution in [0.3, 0.4) is 0 Å². The van der Waals surface area contributed by atoms with Crippen LogP contribution in [-0.4, -0.2) is 91.9 Å². The van der Waals surface area contributed by atoms with Crippen LogP contribution in [0.25, 0.3) is 0 Å². The average molecular weight is 399 g/mol. The number of rotatable bonds is 8. The third-order valence-electron chi connectivity index (χ3n) is 5.95. The van der Waals surface area contributed by atoms with Gasteiger partial charge in [-0.05, 0) is 38.4 Å². The van der Waals surface area contributed by atoms with Crippen molar-refractivity contribution in [1.29, 1.82) is 0 Å².